The molecule has 0 aliphatic carbocycles. The van der Waals surface area contributed by atoms with Gasteiger partial charge in [0.1, 0.15) is 11.3 Å². The van der Waals surface area contributed by atoms with Gasteiger partial charge in [0.2, 0.25) is 0 Å². The minimum absolute atomic E-state index is 0.0135. The van der Waals surface area contributed by atoms with Crippen LogP contribution in [0, 0.1) is 0 Å². The summed E-state index contributed by atoms with van der Waals surface area (Å²) in [6.07, 6.45) is 0. The van der Waals surface area contributed by atoms with Crippen LogP contribution in [0.2, 0.25) is 5.02 Å². The molecule has 1 heterocycles. The maximum atomic E-state index is 11.1. The van der Waals surface area contributed by atoms with E-state index in [0.29, 0.717) is 10.8 Å². The van der Waals surface area contributed by atoms with Crippen molar-refractivity contribution in [2.75, 3.05) is 0 Å². The van der Waals surface area contributed by atoms with E-state index in [9.17, 15) is 4.79 Å². The van der Waals surface area contributed by atoms with Crippen LogP contribution in [0.3, 0.4) is 0 Å². The molecule has 106 valence electrons. The maximum absolute atomic E-state index is 11.1. The summed E-state index contributed by atoms with van der Waals surface area (Å²) in [5.74, 6) is 0.0748. The number of benzene rings is 1. The molecule has 0 bridgehead atoms. The first-order valence-electron chi connectivity index (χ1n) is 5.95. The Labute approximate surface area is 120 Å². The van der Waals surface area contributed by atoms with Crippen molar-refractivity contribution in [1.29, 1.82) is 0 Å². The molecule has 0 fully saturated rings. The molecule has 2 rings (SSSR count). The molecule has 0 saturated heterocycles. The van der Waals surface area contributed by atoms with E-state index < -0.39 is 5.97 Å². The molecule has 0 saturated carbocycles. The van der Waals surface area contributed by atoms with Crippen LogP contribution in [0.1, 0.15) is 41.8 Å². The summed E-state index contributed by atoms with van der Waals surface area (Å²) in [7, 11) is 0. The van der Waals surface area contributed by atoms with Crippen LogP contribution in [0.4, 0.5) is 0 Å². The Balaban J connectivity index is 2.13. The van der Waals surface area contributed by atoms with E-state index in [-0.39, 0.29) is 29.7 Å². The van der Waals surface area contributed by atoms with Crippen molar-refractivity contribution < 1.29 is 19.2 Å². The smallest absolute Gasteiger partial charge is 0.339 e. The molecular weight excluding hydrogens is 284 g/mol. The van der Waals surface area contributed by atoms with Crippen molar-refractivity contribution in [3.63, 3.8) is 0 Å². The molecule has 0 atom stereocenters. The fraction of sp³-hybridized carbons (Fsp3) is 0.308. The number of aromatic carboxylic acids is 1. The van der Waals surface area contributed by atoms with Crippen molar-refractivity contribution in [1.82, 2.24) is 10.1 Å². The third-order valence-electron chi connectivity index (χ3n) is 2.53. The zero-order valence-electron chi connectivity index (χ0n) is 11.0. The van der Waals surface area contributed by atoms with Crippen molar-refractivity contribution in [3.8, 4) is 5.75 Å². The topological polar surface area (TPSA) is 85.5 Å². The number of carbonyl (C=O) groups is 1. The fourth-order valence-corrected chi connectivity index (χ4v) is 1.66. The van der Waals surface area contributed by atoms with Gasteiger partial charge in [-0.3, -0.25) is 0 Å². The average molecular weight is 297 g/mol. The predicted octanol–water partition coefficient (Wildman–Crippen LogP) is 3.12. The van der Waals surface area contributed by atoms with Crippen molar-refractivity contribution in [2.45, 2.75) is 26.4 Å². The molecule has 1 N–H and O–H groups in total. The van der Waals surface area contributed by atoms with Gasteiger partial charge in [-0.2, -0.15) is 4.98 Å². The molecule has 0 aliphatic heterocycles. The maximum Gasteiger partial charge on any atom is 0.339 e. The molecule has 20 heavy (non-hydrogen) atoms. The van der Waals surface area contributed by atoms with Crippen LogP contribution < -0.4 is 4.74 Å². The van der Waals surface area contributed by atoms with Crippen LogP contribution in [-0.2, 0) is 6.61 Å². The number of hydrogen-bond donors (Lipinski definition) is 1. The van der Waals surface area contributed by atoms with E-state index in [2.05, 4.69) is 10.1 Å². The number of rotatable bonds is 5. The van der Waals surface area contributed by atoms with Crippen molar-refractivity contribution in [2.24, 2.45) is 0 Å². The number of ether oxygens (including phenoxy) is 1. The summed E-state index contributed by atoms with van der Waals surface area (Å²) >= 11 is 5.82. The molecule has 1 aromatic heterocycles. The number of carboxylic acid groups (broad SMARTS) is 1. The van der Waals surface area contributed by atoms with E-state index in [0.717, 1.165) is 0 Å². The first-order chi connectivity index (χ1) is 9.47. The fourth-order valence-electron chi connectivity index (χ4n) is 1.49. The van der Waals surface area contributed by atoms with E-state index >= 15 is 0 Å². The Morgan fingerprint density at radius 1 is 1.50 bits per heavy atom. The number of nitrogens with zero attached hydrogens (tertiary/aromatic N) is 2. The Morgan fingerprint density at radius 2 is 2.25 bits per heavy atom. The van der Waals surface area contributed by atoms with Gasteiger partial charge in [0.15, 0.2) is 12.4 Å². The van der Waals surface area contributed by atoms with Crippen LogP contribution in [0.15, 0.2) is 22.7 Å². The Morgan fingerprint density at radius 3 is 2.85 bits per heavy atom. The number of carboxylic acids is 1. The second kappa shape index (κ2) is 5.92. The van der Waals surface area contributed by atoms with Crippen LogP contribution in [0.5, 0.6) is 5.75 Å². The lowest BCUT2D eigenvalue weighted by molar-refractivity contribution is 0.0691. The summed E-state index contributed by atoms with van der Waals surface area (Å²) in [6.45, 7) is 3.87. The average Bonchev–Trinajstić information content (AvgIpc) is 2.85. The molecule has 0 unspecified atom stereocenters. The van der Waals surface area contributed by atoms with Crippen LogP contribution >= 0.6 is 11.6 Å². The minimum atomic E-state index is -1.09. The van der Waals surface area contributed by atoms with Crippen molar-refractivity contribution >= 4 is 17.6 Å². The van der Waals surface area contributed by atoms with E-state index in [1.165, 1.54) is 18.2 Å². The standard InChI is InChI=1S/C13H13ClN2O4/c1-7(2)12-15-11(20-16-12)6-19-10-5-8(14)3-4-9(10)13(17)18/h3-5,7H,6H2,1-2H3,(H,17,18). The number of hydrogen-bond acceptors (Lipinski definition) is 5. The molecular formula is C13H13ClN2O4. The number of aromatic nitrogens is 2. The molecule has 1 aromatic carbocycles. The van der Waals surface area contributed by atoms with E-state index in [1.807, 2.05) is 13.8 Å². The van der Waals surface area contributed by atoms with E-state index in [1.54, 1.807) is 0 Å². The molecule has 0 radical (unpaired) electrons. The molecule has 0 spiro atoms. The zero-order chi connectivity index (χ0) is 14.7. The highest BCUT2D eigenvalue weighted by atomic mass is 35.5. The lowest BCUT2D eigenvalue weighted by Gasteiger charge is -2.07. The Kier molecular flexibility index (Phi) is 4.24. The van der Waals surface area contributed by atoms with Gasteiger partial charge >= 0.3 is 5.97 Å². The predicted molar refractivity (Wildman–Crippen MR) is 71.1 cm³/mol. The summed E-state index contributed by atoms with van der Waals surface area (Å²) in [6, 6.07) is 4.31. The number of halogens is 1. The van der Waals surface area contributed by atoms with Gasteiger partial charge in [0.05, 0.1) is 0 Å². The molecule has 2 aromatic rings. The first-order valence-corrected chi connectivity index (χ1v) is 6.33. The molecule has 7 heteroatoms. The normalized spacial score (nSPS) is 10.8. The molecule has 0 amide bonds. The Hall–Kier alpha value is -2.08. The van der Waals surface area contributed by atoms with Crippen LogP contribution in [-0.4, -0.2) is 21.2 Å². The zero-order valence-corrected chi connectivity index (χ0v) is 11.7. The highest BCUT2D eigenvalue weighted by Gasteiger charge is 2.14. The van der Waals surface area contributed by atoms with Gasteiger partial charge in [0, 0.05) is 10.9 Å². The third-order valence-corrected chi connectivity index (χ3v) is 2.76. The first kappa shape index (κ1) is 14.3. The Bertz CT molecular complexity index is 625. The second-order valence-electron chi connectivity index (χ2n) is 4.44. The molecule has 6 nitrogen and oxygen atoms in total. The van der Waals surface area contributed by atoms with Gasteiger partial charge in [0.25, 0.3) is 5.89 Å². The lowest BCUT2D eigenvalue weighted by atomic mass is 10.2. The summed E-state index contributed by atoms with van der Waals surface area (Å²) in [5.41, 5.74) is 0.0259. The van der Waals surface area contributed by atoms with Gasteiger partial charge in [-0.15, -0.1) is 0 Å². The highest BCUT2D eigenvalue weighted by Crippen LogP contribution is 2.24. The summed E-state index contributed by atoms with van der Waals surface area (Å²) in [5, 5.41) is 13.2. The largest absolute Gasteiger partial charge is 0.483 e. The monoisotopic (exact) mass is 296 g/mol. The molecule has 0 aliphatic rings. The summed E-state index contributed by atoms with van der Waals surface area (Å²) < 4.78 is 10.4. The lowest BCUT2D eigenvalue weighted by Crippen LogP contribution is -2.03. The van der Waals surface area contributed by atoms with Crippen molar-refractivity contribution in [3.05, 3.63) is 40.5 Å². The van der Waals surface area contributed by atoms with Gasteiger partial charge < -0.3 is 14.4 Å². The van der Waals surface area contributed by atoms with Gasteiger partial charge in [-0.25, -0.2) is 4.79 Å². The minimum Gasteiger partial charge on any atom is -0.483 e. The van der Waals surface area contributed by atoms with Crippen LogP contribution in [0.25, 0.3) is 0 Å². The summed E-state index contributed by atoms with van der Waals surface area (Å²) in [4.78, 5) is 15.2. The van der Waals surface area contributed by atoms with Gasteiger partial charge in [-0.05, 0) is 18.2 Å². The third kappa shape index (κ3) is 3.27. The highest BCUT2D eigenvalue weighted by molar-refractivity contribution is 6.30. The van der Waals surface area contributed by atoms with Gasteiger partial charge in [-0.1, -0.05) is 30.6 Å². The second-order valence-corrected chi connectivity index (χ2v) is 4.87. The quantitative estimate of drug-likeness (QED) is 0.912. The van der Waals surface area contributed by atoms with E-state index in [4.69, 9.17) is 26.0 Å². The SMILES string of the molecule is CC(C)c1noc(COc2cc(Cl)ccc2C(=O)O)n1.